The average molecular weight is 454 g/mol. The first-order valence-corrected chi connectivity index (χ1v) is 11.8. The Labute approximate surface area is 200 Å². The number of carbonyl (C=O) groups excluding carboxylic acids is 1. The number of fused-ring (bicyclic) bond motifs is 1. The number of carbonyl (C=O) groups is 1. The molecule has 1 amide bonds. The summed E-state index contributed by atoms with van der Waals surface area (Å²) in [7, 11) is 0. The molecule has 1 unspecified atom stereocenters. The molecule has 0 aliphatic heterocycles. The highest BCUT2D eigenvalue weighted by Crippen LogP contribution is 2.25. The first kappa shape index (κ1) is 23.4. The number of hydrogen-bond donors (Lipinski definition) is 0. The van der Waals surface area contributed by atoms with Crippen LogP contribution in [0.15, 0.2) is 83.7 Å². The Morgan fingerprint density at radius 2 is 1.56 bits per heavy atom. The zero-order valence-electron chi connectivity index (χ0n) is 20.2. The first-order valence-electron chi connectivity index (χ1n) is 11.8. The summed E-state index contributed by atoms with van der Waals surface area (Å²) in [5.74, 6) is 0.925. The zero-order valence-corrected chi connectivity index (χ0v) is 20.2. The Balaban J connectivity index is 1.89. The molecular formula is C29H31N3O2. The fraction of sp³-hybridized carbons (Fsp3) is 0.276. The van der Waals surface area contributed by atoms with Crippen LogP contribution in [0.25, 0.3) is 16.6 Å². The smallest absolute Gasteiger partial charge is 0.266 e. The second-order valence-corrected chi connectivity index (χ2v) is 9.19. The van der Waals surface area contributed by atoms with Crippen LogP contribution >= 0.6 is 0 Å². The molecule has 0 spiro atoms. The number of hydrogen-bond acceptors (Lipinski definition) is 3. The summed E-state index contributed by atoms with van der Waals surface area (Å²) >= 11 is 0. The van der Waals surface area contributed by atoms with Crippen LogP contribution in [0.2, 0.25) is 0 Å². The van der Waals surface area contributed by atoms with E-state index < -0.39 is 6.04 Å². The lowest BCUT2D eigenvalue weighted by atomic mass is 10.1. The Morgan fingerprint density at radius 1 is 0.912 bits per heavy atom. The second kappa shape index (κ2) is 10.0. The van der Waals surface area contributed by atoms with Gasteiger partial charge < -0.3 is 4.90 Å². The Hall–Kier alpha value is -3.73. The van der Waals surface area contributed by atoms with Gasteiger partial charge in [-0.3, -0.25) is 14.2 Å². The van der Waals surface area contributed by atoms with Crippen molar-refractivity contribution in [2.45, 2.75) is 40.2 Å². The number of benzene rings is 3. The first-order chi connectivity index (χ1) is 16.4. The molecule has 174 valence electrons. The highest BCUT2D eigenvalue weighted by atomic mass is 16.2. The van der Waals surface area contributed by atoms with Gasteiger partial charge in [-0.2, -0.15) is 0 Å². The monoisotopic (exact) mass is 453 g/mol. The van der Waals surface area contributed by atoms with Gasteiger partial charge in [0.25, 0.3) is 11.5 Å². The molecular weight excluding hydrogens is 422 g/mol. The van der Waals surface area contributed by atoms with Gasteiger partial charge in [-0.25, -0.2) is 4.98 Å². The number of rotatable bonds is 7. The number of amides is 1. The maximum absolute atomic E-state index is 13.7. The van der Waals surface area contributed by atoms with Crippen molar-refractivity contribution < 1.29 is 4.79 Å². The van der Waals surface area contributed by atoms with E-state index in [-0.39, 0.29) is 11.5 Å². The third-order valence-electron chi connectivity index (χ3n) is 6.16. The molecule has 5 nitrogen and oxygen atoms in total. The third-order valence-corrected chi connectivity index (χ3v) is 6.16. The summed E-state index contributed by atoms with van der Waals surface area (Å²) in [5, 5.41) is 0.558. The molecule has 0 saturated heterocycles. The molecule has 3 aromatic carbocycles. The molecule has 4 rings (SSSR count). The zero-order chi connectivity index (χ0) is 24.2. The van der Waals surface area contributed by atoms with Gasteiger partial charge in [0.15, 0.2) is 0 Å². The fourth-order valence-corrected chi connectivity index (χ4v) is 4.13. The average Bonchev–Trinajstić information content (AvgIpc) is 2.85. The molecule has 0 radical (unpaired) electrons. The van der Waals surface area contributed by atoms with E-state index in [1.807, 2.05) is 91.5 Å². The lowest BCUT2D eigenvalue weighted by Crippen LogP contribution is -2.38. The molecule has 0 fully saturated rings. The molecule has 0 aliphatic rings. The van der Waals surface area contributed by atoms with Crippen molar-refractivity contribution in [3.05, 3.63) is 106 Å². The summed E-state index contributed by atoms with van der Waals surface area (Å²) in [6.07, 6.45) is 0.852. The van der Waals surface area contributed by atoms with Crippen LogP contribution in [0, 0.1) is 12.8 Å². The number of para-hydroxylation sites is 1. The van der Waals surface area contributed by atoms with E-state index in [0.29, 0.717) is 34.8 Å². The SMILES string of the molecule is Cc1ccc(-n2c(C(C)N(CCC(C)C)C(=O)c3ccccc3)nc3ccccc3c2=O)cc1. The summed E-state index contributed by atoms with van der Waals surface area (Å²) < 4.78 is 1.66. The quantitative estimate of drug-likeness (QED) is 0.348. The molecule has 0 N–H and O–H groups in total. The highest BCUT2D eigenvalue weighted by molar-refractivity contribution is 5.94. The van der Waals surface area contributed by atoms with Crippen LogP contribution in [0.3, 0.4) is 0 Å². The van der Waals surface area contributed by atoms with Gasteiger partial charge in [0.2, 0.25) is 0 Å². The number of aryl methyl sites for hydroxylation is 1. The molecule has 0 aliphatic carbocycles. The largest absolute Gasteiger partial charge is 0.329 e. The predicted molar refractivity (Wildman–Crippen MR) is 137 cm³/mol. The molecule has 0 bridgehead atoms. The molecule has 0 saturated carbocycles. The van der Waals surface area contributed by atoms with Crippen LogP contribution in [0.5, 0.6) is 0 Å². The summed E-state index contributed by atoms with van der Waals surface area (Å²) in [5.41, 5.74) is 2.98. The number of nitrogens with zero attached hydrogens (tertiary/aromatic N) is 3. The summed E-state index contributed by atoms with van der Waals surface area (Å²) in [6.45, 7) is 8.84. The van der Waals surface area contributed by atoms with Crippen LogP contribution in [0.4, 0.5) is 0 Å². The van der Waals surface area contributed by atoms with E-state index >= 15 is 0 Å². The fourth-order valence-electron chi connectivity index (χ4n) is 4.13. The standard InChI is InChI=1S/C29H31N3O2/c1-20(2)18-19-31(28(33)23-10-6-5-7-11-23)22(4)27-30-26-13-9-8-12-25(26)29(34)32(27)24-16-14-21(3)15-17-24/h5-17,20,22H,18-19H2,1-4H3. The third kappa shape index (κ3) is 4.79. The molecule has 34 heavy (non-hydrogen) atoms. The topological polar surface area (TPSA) is 55.2 Å². The van der Waals surface area contributed by atoms with Crippen molar-refractivity contribution in [1.82, 2.24) is 14.5 Å². The number of aromatic nitrogens is 2. The van der Waals surface area contributed by atoms with Gasteiger partial charge in [-0.15, -0.1) is 0 Å². The molecule has 1 heterocycles. The van der Waals surface area contributed by atoms with Gasteiger partial charge in [-0.1, -0.05) is 61.9 Å². The lowest BCUT2D eigenvalue weighted by molar-refractivity contribution is 0.0671. The van der Waals surface area contributed by atoms with Gasteiger partial charge in [0.05, 0.1) is 22.6 Å². The maximum atomic E-state index is 13.7. The molecule has 4 aromatic rings. The van der Waals surface area contributed by atoms with E-state index in [4.69, 9.17) is 4.98 Å². The van der Waals surface area contributed by atoms with Crippen molar-refractivity contribution >= 4 is 16.8 Å². The van der Waals surface area contributed by atoms with Gasteiger partial charge in [0.1, 0.15) is 5.82 Å². The highest BCUT2D eigenvalue weighted by Gasteiger charge is 2.27. The van der Waals surface area contributed by atoms with Crippen LogP contribution in [0.1, 0.15) is 55.0 Å². The van der Waals surface area contributed by atoms with Crippen molar-refractivity contribution in [2.75, 3.05) is 6.54 Å². The van der Waals surface area contributed by atoms with E-state index in [2.05, 4.69) is 13.8 Å². The van der Waals surface area contributed by atoms with E-state index in [1.165, 1.54) is 0 Å². The molecule has 1 aromatic heterocycles. The minimum atomic E-state index is -0.412. The predicted octanol–water partition coefficient (Wildman–Crippen LogP) is 5.94. The van der Waals surface area contributed by atoms with Crippen molar-refractivity contribution in [3.8, 4) is 5.69 Å². The summed E-state index contributed by atoms with van der Waals surface area (Å²) in [4.78, 5) is 34.1. The molecule has 1 atom stereocenters. The van der Waals surface area contributed by atoms with Crippen molar-refractivity contribution in [1.29, 1.82) is 0 Å². The van der Waals surface area contributed by atoms with Crippen molar-refractivity contribution in [3.63, 3.8) is 0 Å². The Bertz CT molecular complexity index is 1340. The van der Waals surface area contributed by atoms with E-state index in [9.17, 15) is 9.59 Å². The van der Waals surface area contributed by atoms with E-state index in [0.717, 1.165) is 17.7 Å². The minimum Gasteiger partial charge on any atom is -0.329 e. The summed E-state index contributed by atoms with van der Waals surface area (Å²) in [6, 6.07) is 24.1. The maximum Gasteiger partial charge on any atom is 0.266 e. The second-order valence-electron chi connectivity index (χ2n) is 9.19. The van der Waals surface area contributed by atoms with Gasteiger partial charge >= 0.3 is 0 Å². The lowest BCUT2D eigenvalue weighted by Gasteiger charge is -2.31. The van der Waals surface area contributed by atoms with Gasteiger partial charge in [0, 0.05) is 12.1 Å². The normalized spacial score (nSPS) is 12.1. The van der Waals surface area contributed by atoms with Gasteiger partial charge in [-0.05, 0) is 62.6 Å². The van der Waals surface area contributed by atoms with Crippen molar-refractivity contribution in [2.24, 2.45) is 5.92 Å². The minimum absolute atomic E-state index is 0.0633. The van der Waals surface area contributed by atoms with Crippen LogP contribution in [-0.2, 0) is 0 Å². The van der Waals surface area contributed by atoms with Crippen LogP contribution < -0.4 is 5.56 Å². The Kier molecular flexibility index (Phi) is 6.92. The van der Waals surface area contributed by atoms with E-state index in [1.54, 1.807) is 10.6 Å². The Morgan fingerprint density at radius 3 is 2.24 bits per heavy atom. The van der Waals surface area contributed by atoms with Crippen LogP contribution in [-0.4, -0.2) is 26.9 Å². The molecule has 5 heteroatoms.